The second-order valence-corrected chi connectivity index (χ2v) is 4.68. The maximum absolute atomic E-state index is 5.36. The van der Waals surface area contributed by atoms with Crippen molar-refractivity contribution in [2.24, 2.45) is 0 Å². The monoisotopic (exact) mass is 265 g/mol. The maximum atomic E-state index is 5.36. The summed E-state index contributed by atoms with van der Waals surface area (Å²) in [6.07, 6.45) is 5.16. The summed E-state index contributed by atoms with van der Waals surface area (Å²) < 4.78 is 10.6. The molecule has 1 rings (SSSR count). The summed E-state index contributed by atoms with van der Waals surface area (Å²) in [5.74, 6) is 1.58. The first-order valence-electron chi connectivity index (χ1n) is 7.23. The molecule has 0 saturated heterocycles. The molecule has 0 aliphatic heterocycles. The Morgan fingerprint density at radius 2 is 1.68 bits per heavy atom. The van der Waals surface area contributed by atoms with Crippen LogP contribution in [0.5, 0.6) is 11.5 Å². The summed E-state index contributed by atoms with van der Waals surface area (Å²) in [5.41, 5.74) is 1.21. The number of rotatable bonds is 9. The van der Waals surface area contributed by atoms with Gasteiger partial charge < -0.3 is 14.4 Å². The molecule has 1 aromatic carbocycles. The predicted octanol–water partition coefficient (Wildman–Crippen LogP) is 4.11. The van der Waals surface area contributed by atoms with Crippen LogP contribution in [0.15, 0.2) is 18.2 Å². The van der Waals surface area contributed by atoms with Crippen molar-refractivity contribution in [2.45, 2.75) is 39.5 Å². The Morgan fingerprint density at radius 1 is 0.947 bits per heavy atom. The zero-order chi connectivity index (χ0) is 14.1. The van der Waals surface area contributed by atoms with Gasteiger partial charge in [0, 0.05) is 24.8 Å². The third kappa shape index (κ3) is 4.66. The molecule has 0 aliphatic carbocycles. The molecule has 0 saturated carbocycles. The van der Waals surface area contributed by atoms with Crippen LogP contribution in [0.25, 0.3) is 0 Å². The number of hydrogen-bond acceptors (Lipinski definition) is 3. The first-order valence-corrected chi connectivity index (χ1v) is 7.23. The van der Waals surface area contributed by atoms with Crippen LogP contribution in [0.1, 0.15) is 39.5 Å². The minimum atomic E-state index is 0.785. The second kappa shape index (κ2) is 8.68. The van der Waals surface area contributed by atoms with Crippen molar-refractivity contribution in [3.8, 4) is 11.5 Å². The quantitative estimate of drug-likeness (QED) is 0.627. The van der Waals surface area contributed by atoms with Gasteiger partial charge >= 0.3 is 0 Å². The summed E-state index contributed by atoms with van der Waals surface area (Å²) >= 11 is 0. The molecule has 0 fully saturated rings. The van der Waals surface area contributed by atoms with E-state index in [4.69, 9.17) is 9.47 Å². The molecular weight excluding hydrogens is 238 g/mol. The summed E-state index contributed by atoms with van der Waals surface area (Å²) in [6, 6.07) is 6.13. The van der Waals surface area contributed by atoms with Crippen LogP contribution in [0.4, 0.5) is 5.69 Å². The largest absolute Gasteiger partial charge is 0.493 e. The normalized spacial score (nSPS) is 10.3. The number of ether oxygens (including phenoxy) is 2. The van der Waals surface area contributed by atoms with Crippen molar-refractivity contribution in [3.63, 3.8) is 0 Å². The van der Waals surface area contributed by atoms with Crippen molar-refractivity contribution in [2.75, 3.05) is 32.2 Å². The molecular formula is C16H27NO2. The number of hydrogen-bond donors (Lipinski definition) is 0. The molecule has 19 heavy (non-hydrogen) atoms. The number of nitrogens with zero attached hydrogens (tertiary/aromatic N) is 1. The molecule has 3 heteroatoms. The van der Waals surface area contributed by atoms with Crippen LogP contribution in [-0.4, -0.2) is 27.3 Å². The van der Waals surface area contributed by atoms with E-state index in [2.05, 4.69) is 30.9 Å². The lowest BCUT2D eigenvalue weighted by molar-refractivity contribution is 0.355. The lowest BCUT2D eigenvalue weighted by atomic mass is 10.2. The summed E-state index contributed by atoms with van der Waals surface area (Å²) in [6.45, 7) is 6.55. The molecule has 0 N–H and O–H groups in total. The SMILES string of the molecule is CCCCCCN(CC)c1ccc(OC)c(OC)c1. The number of unbranched alkanes of at least 4 members (excludes halogenated alkanes) is 3. The Morgan fingerprint density at radius 3 is 2.26 bits per heavy atom. The van der Waals surface area contributed by atoms with Crippen molar-refractivity contribution < 1.29 is 9.47 Å². The van der Waals surface area contributed by atoms with E-state index in [1.54, 1.807) is 14.2 Å². The van der Waals surface area contributed by atoms with Gasteiger partial charge in [0.1, 0.15) is 0 Å². The van der Waals surface area contributed by atoms with Gasteiger partial charge in [-0.05, 0) is 25.5 Å². The van der Waals surface area contributed by atoms with Gasteiger partial charge in [-0.25, -0.2) is 0 Å². The summed E-state index contributed by atoms with van der Waals surface area (Å²) in [7, 11) is 3.35. The second-order valence-electron chi connectivity index (χ2n) is 4.68. The van der Waals surface area contributed by atoms with E-state index in [1.165, 1.54) is 31.4 Å². The first kappa shape index (κ1) is 15.7. The van der Waals surface area contributed by atoms with Gasteiger partial charge in [-0.2, -0.15) is 0 Å². The zero-order valence-electron chi connectivity index (χ0n) is 12.7. The fourth-order valence-corrected chi connectivity index (χ4v) is 2.22. The van der Waals surface area contributed by atoms with Crippen molar-refractivity contribution in [1.29, 1.82) is 0 Å². The fourth-order valence-electron chi connectivity index (χ4n) is 2.22. The van der Waals surface area contributed by atoms with Crippen LogP contribution in [-0.2, 0) is 0 Å². The van der Waals surface area contributed by atoms with Gasteiger partial charge in [0.2, 0.25) is 0 Å². The molecule has 0 radical (unpaired) electrons. The van der Waals surface area contributed by atoms with Gasteiger partial charge in [-0.3, -0.25) is 0 Å². The van der Waals surface area contributed by atoms with Crippen LogP contribution in [0.2, 0.25) is 0 Å². The molecule has 0 spiro atoms. The fraction of sp³-hybridized carbons (Fsp3) is 0.625. The molecule has 0 amide bonds. The van der Waals surface area contributed by atoms with E-state index >= 15 is 0 Å². The minimum Gasteiger partial charge on any atom is -0.493 e. The summed E-state index contributed by atoms with van der Waals surface area (Å²) in [5, 5.41) is 0. The van der Waals surface area contributed by atoms with E-state index in [0.717, 1.165) is 24.6 Å². The topological polar surface area (TPSA) is 21.7 Å². The zero-order valence-corrected chi connectivity index (χ0v) is 12.7. The molecule has 0 aromatic heterocycles. The van der Waals surface area contributed by atoms with E-state index in [-0.39, 0.29) is 0 Å². The van der Waals surface area contributed by atoms with E-state index < -0.39 is 0 Å². The van der Waals surface area contributed by atoms with Crippen LogP contribution in [0, 0.1) is 0 Å². The van der Waals surface area contributed by atoms with Gasteiger partial charge in [0.25, 0.3) is 0 Å². The average Bonchev–Trinajstić information content (AvgIpc) is 2.46. The van der Waals surface area contributed by atoms with E-state index in [9.17, 15) is 0 Å². The Labute approximate surface area is 117 Å². The number of benzene rings is 1. The van der Waals surface area contributed by atoms with Crippen molar-refractivity contribution >= 4 is 5.69 Å². The highest BCUT2D eigenvalue weighted by molar-refractivity contribution is 5.56. The van der Waals surface area contributed by atoms with E-state index in [0.29, 0.717) is 0 Å². The molecule has 0 unspecified atom stereocenters. The minimum absolute atomic E-state index is 0.785. The smallest absolute Gasteiger partial charge is 0.162 e. The van der Waals surface area contributed by atoms with Gasteiger partial charge in [-0.15, -0.1) is 0 Å². The Hall–Kier alpha value is -1.38. The van der Waals surface area contributed by atoms with Gasteiger partial charge in [0.15, 0.2) is 11.5 Å². The third-order valence-corrected chi connectivity index (χ3v) is 3.40. The third-order valence-electron chi connectivity index (χ3n) is 3.40. The first-order chi connectivity index (χ1) is 9.26. The molecule has 108 valence electrons. The Kier molecular flexibility index (Phi) is 7.16. The highest BCUT2D eigenvalue weighted by Crippen LogP contribution is 2.31. The molecule has 0 bridgehead atoms. The van der Waals surface area contributed by atoms with Crippen LogP contribution in [0.3, 0.4) is 0 Å². The standard InChI is InChI=1S/C16H27NO2/c1-5-7-8-9-12-17(6-2)14-10-11-15(18-3)16(13-14)19-4/h10-11,13H,5-9,12H2,1-4H3. The summed E-state index contributed by atoms with van der Waals surface area (Å²) in [4.78, 5) is 2.39. The van der Waals surface area contributed by atoms with Crippen LogP contribution >= 0.6 is 0 Å². The molecule has 1 aromatic rings. The Bertz CT molecular complexity index is 366. The Balaban J connectivity index is 2.69. The predicted molar refractivity (Wildman–Crippen MR) is 81.6 cm³/mol. The molecule has 0 heterocycles. The van der Waals surface area contributed by atoms with Gasteiger partial charge in [-0.1, -0.05) is 26.2 Å². The lowest BCUT2D eigenvalue weighted by Crippen LogP contribution is -2.23. The lowest BCUT2D eigenvalue weighted by Gasteiger charge is -2.24. The molecule has 0 aliphatic rings. The number of anilines is 1. The highest BCUT2D eigenvalue weighted by Gasteiger charge is 2.09. The highest BCUT2D eigenvalue weighted by atomic mass is 16.5. The average molecular weight is 265 g/mol. The van der Waals surface area contributed by atoms with Gasteiger partial charge in [0.05, 0.1) is 14.2 Å². The van der Waals surface area contributed by atoms with E-state index in [1.807, 2.05) is 6.07 Å². The number of methoxy groups -OCH3 is 2. The van der Waals surface area contributed by atoms with Crippen molar-refractivity contribution in [1.82, 2.24) is 0 Å². The van der Waals surface area contributed by atoms with Crippen LogP contribution < -0.4 is 14.4 Å². The maximum Gasteiger partial charge on any atom is 0.162 e. The molecule has 0 atom stereocenters. The van der Waals surface area contributed by atoms with Crippen molar-refractivity contribution in [3.05, 3.63) is 18.2 Å². The molecule has 3 nitrogen and oxygen atoms in total.